The first-order valence-corrected chi connectivity index (χ1v) is 8.85. The minimum absolute atomic E-state index is 0.0208. The summed E-state index contributed by atoms with van der Waals surface area (Å²) in [5.41, 5.74) is 1.01. The van der Waals surface area contributed by atoms with Gasteiger partial charge in [0.15, 0.2) is 0 Å². The van der Waals surface area contributed by atoms with Gasteiger partial charge in [-0.1, -0.05) is 43.3 Å². The van der Waals surface area contributed by atoms with Gasteiger partial charge in [-0.15, -0.1) is 0 Å². The van der Waals surface area contributed by atoms with Crippen LogP contribution in [0.25, 0.3) is 11.4 Å². The summed E-state index contributed by atoms with van der Waals surface area (Å²) in [7, 11) is -3.41. The smallest absolute Gasteiger partial charge is 0.329 e. The van der Waals surface area contributed by atoms with Gasteiger partial charge in [0.1, 0.15) is 0 Å². The minimum Gasteiger partial charge on any atom is -0.329 e. The van der Waals surface area contributed by atoms with Crippen LogP contribution in [0, 0.1) is 5.92 Å². The normalized spacial score (nSPS) is 14.1. The fraction of sp³-hybridized carbons (Fsp3) is 0.429. The quantitative estimate of drug-likeness (QED) is 0.883. The van der Waals surface area contributed by atoms with Crippen LogP contribution < -0.4 is 4.72 Å². The van der Waals surface area contributed by atoms with E-state index in [4.69, 9.17) is 0 Å². The van der Waals surface area contributed by atoms with Crippen LogP contribution in [0.2, 0.25) is 0 Å². The van der Waals surface area contributed by atoms with Crippen LogP contribution in [-0.4, -0.2) is 24.8 Å². The van der Waals surface area contributed by atoms with Gasteiger partial charge in [0, 0.05) is 11.6 Å². The maximum Gasteiger partial charge on any atom is 0.471 e. The molecule has 0 bridgehead atoms. The van der Waals surface area contributed by atoms with Crippen molar-refractivity contribution in [2.75, 3.05) is 6.26 Å². The molecule has 0 fully saturated rings. The summed E-state index contributed by atoms with van der Waals surface area (Å²) in [4.78, 5) is 3.31. The van der Waals surface area contributed by atoms with E-state index in [0.717, 1.165) is 6.26 Å². The molecule has 0 saturated heterocycles. The van der Waals surface area contributed by atoms with Gasteiger partial charge in [0.2, 0.25) is 15.8 Å². The third-order valence-electron chi connectivity index (χ3n) is 3.20. The van der Waals surface area contributed by atoms with Crippen molar-refractivity contribution >= 4 is 10.0 Å². The maximum atomic E-state index is 12.5. The van der Waals surface area contributed by atoms with Crippen molar-refractivity contribution < 1.29 is 26.1 Å². The molecule has 0 radical (unpaired) electrons. The van der Waals surface area contributed by atoms with E-state index in [1.807, 2.05) is 13.8 Å². The van der Waals surface area contributed by atoms with E-state index in [0.29, 0.717) is 11.1 Å². The zero-order valence-corrected chi connectivity index (χ0v) is 13.9. The molecule has 1 aromatic carbocycles. The standard InChI is InChI=1S/C14H16F3N3O3S/c1-8(2)11(20-24(3,21)22)9-4-6-10(7-5-9)12-18-13(23-19-12)14(15,16)17/h4-8,11,20H,1-3H3. The third-order valence-corrected chi connectivity index (χ3v) is 3.89. The van der Waals surface area contributed by atoms with Gasteiger partial charge >= 0.3 is 12.1 Å². The van der Waals surface area contributed by atoms with Crippen LogP contribution in [0.5, 0.6) is 0 Å². The Bertz CT molecular complexity index is 799. The number of sulfonamides is 1. The van der Waals surface area contributed by atoms with Gasteiger partial charge in [0.05, 0.1) is 6.26 Å². The predicted molar refractivity (Wildman–Crippen MR) is 80.3 cm³/mol. The van der Waals surface area contributed by atoms with Crippen LogP contribution in [0.3, 0.4) is 0 Å². The van der Waals surface area contributed by atoms with E-state index in [-0.39, 0.29) is 11.7 Å². The molecular weight excluding hydrogens is 347 g/mol. The lowest BCUT2D eigenvalue weighted by Gasteiger charge is -2.21. The highest BCUT2D eigenvalue weighted by molar-refractivity contribution is 7.88. The second-order valence-corrected chi connectivity index (χ2v) is 7.43. The fourth-order valence-electron chi connectivity index (χ4n) is 2.12. The predicted octanol–water partition coefficient (Wildman–Crippen LogP) is 3.00. The molecule has 0 aliphatic carbocycles. The number of nitrogens with zero attached hydrogens (tertiary/aromatic N) is 2. The van der Waals surface area contributed by atoms with Crippen LogP contribution >= 0.6 is 0 Å². The van der Waals surface area contributed by atoms with E-state index in [1.54, 1.807) is 12.1 Å². The Morgan fingerprint density at radius 2 is 1.75 bits per heavy atom. The van der Waals surface area contributed by atoms with Gasteiger partial charge < -0.3 is 4.52 Å². The highest BCUT2D eigenvalue weighted by Gasteiger charge is 2.38. The van der Waals surface area contributed by atoms with Crippen molar-refractivity contribution in [1.82, 2.24) is 14.9 Å². The van der Waals surface area contributed by atoms with Gasteiger partial charge in [-0.05, 0) is 11.5 Å². The van der Waals surface area contributed by atoms with E-state index in [1.165, 1.54) is 12.1 Å². The van der Waals surface area contributed by atoms with Crippen molar-refractivity contribution in [1.29, 1.82) is 0 Å². The van der Waals surface area contributed by atoms with Crippen molar-refractivity contribution in [3.63, 3.8) is 0 Å². The van der Waals surface area contributed by atoms with Gasteiger partial charge in [0.25, 0.3) is 0 Å². The maximum absolute atomic E-state index is 12.5. The van der Waals surface area contributed by atoms with Gasteiger partial charge in [-0.25, -0.2) is 13.1 Å². The van der Waals surface area contributed by atoms with Crippen LogP contribution in [0.1, 0.15) is 31.3 Å². The fourth-order valence-corrected chi connectivity index (χ4v) is 2.98. The Balaban J connectivity index is 2.28. The molecule has 1 unspecified atom stereocenters. The second-order valence-electron chi connectivity index (χ2n) is 5.65. The molecule has 1 heterocycles. The lowest BCUT2D eigenvalue weighted by atomic mass is 9.96. The van der Waals surface area contributed by atoms with Crippen LogP contribution in [0.15, 0.2) is 28.8 Å². The summed E-state index contributed by atoms with van der Waals surface area (Å²) < 4.78 is 67.0. The van der Waals surface area contributed by atoms with Crippen molar-refractivity contribution in [3.8, 4) is 11.4 Å². The molecule has 1 aromatic heterocycles. The number of rotatable bonds is 5. The number of aromatic nitrogens is 2. The van der Waals surface area contributed by atoms with E-state index < -0.39 is 28.1 Å². The molecule has 10 heteroatoms. The Morgan fingerprint density at radius 3 is 2.17 bits per heavy atom. The second kappa shape index (κ2) is 6.52. The molecule has 0 amide bonds. The molecule has 24 heavy (non-hydrogen) atoms. The van der Waals surface area contributed by atoms with E-state index >= 15 is 0 Å². The molecule has 0 spiro atoms. The number of hydrogen-bond acceptors (Lipinski definition) is 5. The average Bonchev–Trinajstić information content (AvgIpc) is 2.93. The molecule has 0 saturated carbocycles. The Hall–Kier alpha value is -1.94. The summed E-state index contributed by atoms with van der Waals surface area (Å²) in [5.74, 6) is -1.63. The van der Waals surface area contributed by atoms with Crippen LogP contribution in [0.4, 0.5) is 13.2 Å². The number of benzene rings is 1. The van der Waals surface area contributed by atoms with Gasteiger partial charge in [-0.3, -0.25) is 0 Å². The lowest BCUT2D eigenvalue weighted by Crippen LogP contribution is -2.30. The van der Waals surface area contributed by atoms with Crippen molar-refractivity contribution in [2.45, 2.75) is 26.1 Å². The summed E-state index contributed by atoms with van der Waals surface area (Å²) in [5, 5.41) is 3.30. The molecule has 0 aliphatic rings. The Morgan fingerprint density at radius 1 is 1.17 bits per heavy atom. The number of nitrogens with one attached hydrogen (secondary N) is 1. The van der Waals surface area contributed by atoms with E-state index in [2.05, 4.69) is 19.4 Å². The SMILES string of the molecule is CC(C)C(NS(C)(=O)=O)c1ccc(-c2noc(C(F)(F)F)n2)cc1. The zero-order valence-electron chi connectivity index (χ0n) is 13.1. The van der Waals surface area contributed by atoms with Gasteiger partial charge in [-0.2, -0.15) is 18.2 Å². The Labute approximate surface area is 137 Å². The van der Waals surface area contributed by atoms with Crippen molar-refractivity contribution in [2.24, 2.45) is 5.92 Å². The number of halogens is 3. The first-order valence-electron chi connectivity index (χ1n) is 6.96. The molecule has 132 valence electrons. The summed E-state index contributed by atoms with van der Waals surface area (Å²) >= 11 is 0. The first-order chi connectivity index (χ1) is 11.0. The summed E-state index contributed by atoms with van der Waals surface area (Å²) in [6.45, 7) is 3.71. The topological polar surface area (TPSA) is 85.1 Å². The lowest BCUT2D eigenvalue weighted by molar-refractivity contribution is -0.159. The first kappa shape index (κ1) is 18.4. The molecular formula is C14H16F3N3O3S. The monoisotopic (exact) mass is 363 g/mol. The number of alkyl halides is 3. The largest absolute Gasteiger partial charge is 0.471 e. The minimum atomic E-state index is -4.70. The molecule has 0 aliphatic heterocycles. The molecule has 6 nitrogen and oxygen atoms in total. The molecule has 2 aromatic rings. The highest BCUT2D eigenvalue weighted by Crippen LogP contribution is 2.30. The molecule has 1 atom stereocenters. The van der Waals surface area contributed by atoms with Crippen molar-refractivity contribution in [3.05, 3.63) is 35.7 Å². The summed E-state index contributed by atoms with van der Waals surface area (Å²) in [6.07, 6.45) is -3.64. The third kappa shape index (κ3) is 4.54. The average molecular weight is 363 g/mol. The summed E-state index contributed by atoms with van der Waals surface area (Å²) in [6, 6.07) is 5.80. The number of hydrogen-bond donors (Lipinski definition) is 1. The zero-order chi connectivity index (χ0) is 18.1. The van der Waals surface area contributed by atoms with E-state index in [9.17, 15) is 21.6 Å². The highest BCUT2D eigenvalue weighted by atomic mass is 32.2. The van der Waals surface area contributed by atoms with Crippen LogP contribution in [-0.2, 0) is 16.2 Å². The molecule has 2 rings (SSSR count). The Kier molecular flexibility index (Phi) is 5.00. The molecule has 1 N–H and O–H groups in total.